The number of ether oxygens (including phenoxy) is 3. The van der Waals surface area contributed by atoms with E-state index in [0.717, 1.165) is 5.56 Å². The van der Waals surface area contributed by atoms with Crippen molar-refractivity contribution in [2.75, 3.05) is 14.2 Å². The zero-order valence-electron chi connectivity index (χ0n) is 18.7. The predicted molar refractivity (Wildman–Crippen MR) is 113 cm³/mol. The van der Waals surface area contributed by atoms with Crippen LogP contribution in [0.1, 0.15) is 64.9 Å². The maximum absolute atomic E-state index is 13.3. The molecule has 1 aromatic rings. The van der Waals surface area contributed by atoms with Gasteiger partial charge in [-0.1, -0.05) is 33.8 Å². The SMILES string of the molecule is COc1ccc(C2C3=C(CC(C)(C)CC3=O)OC3=C2C(=O)CC(C)(C)C3)c(OC)c1. The molecule has 0 atom stereocenters. The number of Topliss-reactive ketones (excluding diaryl/α,β-unsaturated/α-hetero) is 2. The van der Waals surface area contributed by atoms with Crippen molar-refractivity contribution >= 4 is 11.6 Å². The van der Waals surface area contributed by atoms with Gasteiger partial charge in [0, 0.05) is 48.5 Å². The Labute approximate surface area is 178 Å². The Bertz CT molecular complexity index is 941. The second-order valence-corrected chi connectivity index (χ2v) is 10.2. The van der Waals surface area contributed by atoms with Crippen LogP contribution in [0.25, 0.3) is 0 Å². The largest absolute Gasteiger partial charge is 0.497 e. The van der Waals surface area contributed by atoms with Crippen molar-refractivity contribution < 1.29 is 23.8 Å². The van der Waals surface area contributed by atoms with Crippen LogP contribution in [0.3, 0.4) is 0 Å². The zero-order valence-corrected chi connectivity index (χ0v) is 18.7. The molecule has 5 nitrogen and oxygen atoms in total. The van der Waals surface area contributed by atoms with Gasteiger partial charge in [0.2, 0.25) is 0 Å². The number of hydrogen-bond donors (Lipinski definition) is 0. The van der Waals surface area contributed by atoms with Gasteiger partial charge < -0.3 is 14.2 Å². The fourth-order valence-corrected chi connectivity index (χ4v) is 5.04. The summed E-state index contributed by atoms with van der Waals surface area (Å²) in [6.07, 6.45) is 2.22. The molecule has 5 heteroatoms. The number of hydrogen-bond acceptors (Lipinski definition) is 5. The van der Waals surface area contributed by atoms with Crippen LogP contribution < -0.4 is 9.47 Å². The molecule has 0 aromatic heterocycles. The van der Waals surface area contributed by atoms with Gasteiger partial charge in [0.15, 0.2) is 11.6 Å². The molecule has 4 rings (SSSR count). The minimum absolute atomic E-state index is 0.0494. The van der Waals surface area contributed by atoms with E-state index in [1.807, 2.05) is 12.1 Å². The molecule has 0 saturated carbocycles. The van der Waals surface area contributed by atoms with Crippen molar-refractivity contribution in [1.82, 2.24) is 0 Å². The number of methoxy groups -OCH3 is 2. The Balaban J connectivity index is 1.95. The molecule has 0 unspecified atom stereocenters. The van der Waals surface area contributed by atoms with Gasteiger partial charge in [0.05, 0.1) is 20.1 Å². The lowest BCUT2D eigenvalue weighted by atomic mass is 9.65. The quantitative estimate of drug-likeness (QED) is 0.693. The lowest BCUT2D eigenvalue weighted by molar-refractivity contribution is -0.120. The number of allylic oxidation sites excluding steroid dienone is 4. The van der Waals surface area contributed by atoms with Crippen molar-refractivity contribution in [2.24, 2.45) is 10.8 Å². The second kappa shape index (κ2) is 7.00. The standard InChI is InChI=1S/C25H30O5/c1-24(2)10-16(26)22-19(12-24)30-20-13-25(3,4)11-17(27)23(20)21(22)15-8-7-14(28-5)9-18(15)29-6/h7-9,21H,10-13H2,1-6H3. The molecule has 0 fully saturated rings. The van der Waals surface area contributed by atoms with Crippen LogP contribution in [-0.4, -0.2) is 25.8 Å². The van der Waals surface area contributed by atoms with E-state index in [1.165, 1.54) is 0 Å². The molecule has 0 amide bonds. The van der Waals surface area contributed by atoms with E-state index < -0.39 is 5.92 Å². The molecule has 3 aliphatic rings. The van der Waals surface area contributed by atoms with E-state index in [9.17, 15) is 9.59 Å². The van der Waals surface area contributed by atoms with E-state index in [0.29, 0.717) is 59.8 Å². The second-order valence-electron chi connectivity index (χ2n) is 10.2. The van der Waals surface area contributed by atoms with Gasteiger partial charge in [-0.05, 0) is 16.9 Å². The number of ketones is 2. The van der Waals surface area contributed by atoms with E-state index in [1.54, 1.807) is 20.3 Å². The third-order valence-electron chi connectivity index (χ3n) is 6.33. The third kappa shape index (κ3) is 3.44. The summed E-state index contributed by atoms with van der Waals surface area (Å²) in [7, 11) is 3.20. The average Bonchev–Trinajstić information content (AvgIpc) is 2.63. The predicted octanol–water partition coefficient (Wildman–Crippen LogP) is 5.10. The summed E-state index contributed by atoms with van der Waals surface area (Å²) >= 11 is 0. The molecule has 1 aliphatic heterocycles. The van der Waals surface area contributed by atoms with Crippen LogP contribution in [0.15, 0.2) is 40.9 Å². The molecule has 1 aromatic carbocycles. The molecule has 30 heavy (non-hydrogen) atoms. The molecular formula is C25H30O5. The number of rotatable bonds is 3. The Hall–Kier alpha value is -2.56. The fraction of sp³-hybridized carbons (Fsp3) is 0.520. The van der Waals surface area contributed by atoms with Gasteiger partial charge >= 0.3 is 0 Å². The van der Waals surface area contributed by atoms with Gasteiger partial charge in [-0.2, -0.15) is 0 Å². The maximum Gasteiger partial charge on any atom is 0.163 e. The van der Waals surface area contributed by atoms with Gasteiger partial charge in [0.25, 0.3) is 0 Å². The smallest absolute Gasteiger partial charge is 0.163 e. The third-order valence-corrected chi connectivity index (χ3v) is 6.33. The monoisotopic (exact) mass is 410 g/mol. The fourth-order valence-electron chi connectivity index (χ4n) is 5.04. The van der Waals surface area contributed by atoms with E-state index in [2.05, 4.69) is 27.7 Å². The molecule has 1 heterocycles. The van der Waals surface area contributed by atoms with Crippen LogP contribution >= 0.6 is 0 Å². The molecule has 160 valence electrons. The van der Waals surface area contributed by atoms with Crippen LogP contribution in [0, 0.1) is 10.8 Å². The summed E-state index contributed by atoms with van der Waals surface area (Å²) < 4.78 is 17.3. The van der Waals surface area contributed by atoms with Crippen molar-refractivity contribution in [3.63, 3.8) is 0 Å². The molecule has 2 aliphatic carbocycles. The Morgan fingerprint density at radius 1 is 0.833 bits per heavy atom. The molecular weight excluding hydrogens is 380 g/mol. The highest BCUT2D eigenvalue weighted by atomic mass is 16.5. The van der Waals surface area contributed by atoms with E-state index in [4.69, 9.17) is 14.2 Å². The highest BCUT2D eigenvalue weighted by Gasteiger charge is 2.48. The molecule has 0 N–H and O–H groups in total. The van der Waals surface area contributed by atoms with Gasteiger partial charge in [-0.15, -0.1) is 0 Å². The number of carbonyl (C=O) groups is 2. The summed E-state index contributed by atoms with van der Waals surface area (Å²) in [5.74, 6) is 2.33. The first kappa shape index (κ1) is 20.7. The summed E-state index contributed by atoms with van der Waals surface area (Å²) in [5, 5.41) is 0. The van der Waals surface area contributed by atoms with Crippen molar-refractivity contribution in [3.05, 3.63) is 46.4 Å². The zero-order chi connectivity index (χ0) is 21.8. The normalized spacial score (nSPS) is 23.0. The average molecular weight is 411 g/mol. The summed E-state index contributed by atoms with van der Waals surface area (Å²) in [5.41, 5.74) is 1.70. The van der Waals surface area contributed by atoms with Crippen LogP contribution in [-0.2, 0) is 14.3 Å². The van der Waals surface area contributed by atoms with Crippen molar-refractivity contribution in [1.29, 1.82) is 0 Å². The van der Waals surface area contributed by atoms with Gasteiger partial charge in [-0.3, -0.25) is 9.59 Å². The molecule has 0 radical (unpaired) electrons. The lowest BCUT2D eigenvalue weighted by Gasteiger charge is -2.42. The van der Waals surface area contributed by atoms with Gasteiger partial charge in [-0.25, -0.2) is 0 Å². The summed E-state index contributed by atoms with van der Waals surface area (Å²) in [4.78, 5) is 26.6. The van der Waals surface area contributed by atoms with Gasteiger partial charge in [0.1, 0.15) is 23.0 Å². The Morgan fingerprint density at radius 2 is 1.37 bits per heavy atom. The topological polar surface area (TPSA) is 61.8 Å². The summed E-state index contributed by atoms with van der Waals surface area (Å²) in [6, 6.07) is 5.56. The van der Waals surface area contributed by atoms with Crippen LogP contribution in [0.2, 0.25) is 0 Å². The Morgan fingerprint density at radius 3 is 1.83 bits per heavy atom. The maximum atomic E-state index is 13.3. The first-order valence-electron chi connectivity index (χ1n) is 10.5. The van der Waals surface area contributed by atoms with E-state index in [-0.39, 0.29) is 22.4 Å². The van der Waals surface area contributed by atoms with Crippen LogP contribution in [0.5, 0.6) is 11.5 Å². The van der Waals surface area contributed by atoms with Crippen LogP contribution in [0.4, 0.5) is 0 Å². The minimum atomic E-state index is -0.461. The summed E-state index contributed by atoms with van der Waals surface area (Å²) in [6.45, 7) is 8.34. The number of carbonyl (C=O) groups excluding carboxylic acids is 2. The molecule has 0 saturated heterocycles. The minimum Gasteiger partial charge on any atom is -0.497 e. The first-order chi connectivity index (χ1) is 14.0. The molecule has 0 spiro atoms. The lowest BCUT2D eigenvalue weighted by Crippen LogP contribution is -2.37. The van der Waals surface area contributed by atoms with E-state index >= 15 is 0 Å². The molecule has 0 bridgehead atoms. The highest BCUT2D eigenvalue weighted by Crippen LogP contribution is 2.54. The first-order valence-corrected chi connectivity index (χ1v) is 10.5. The Kier molecular flexibility index (Phi) is 4.83. The number of benzene rings is 1. The highest BCUT2D eigenvalue weighted by molar-refractivity contribution is 6.06. The van der Waals surface area contributed by atoms with Crippen molar-refractivity contribution in [2.45, 2.75) is 59.3 Å². The van der Waals surface area contributed by atoms with Crippen molar-refractivity contribution in [3.8, 4) is 11.5 Å².